The van der Waals surface area contributed by atoms with Gasteiger partial charge in [0, 0.05) is 36.1 Å². The first-order valence-electron chi connectivity index (χ1n) is 13.1. The van der Waals surface area contributed by atoms with E-state index < -0.39 is 0 Å². The molecule has 4 aromatic rings. The van der Waals surface area contributed by atoms with Crippen LogP contribution in [0.5, 0.6) is 0 Å². The smallest absolute Gasteiger partial charge is 0.242 e. The highest BCUT2D eigenvalue weighted by Gasteiger charge is 2.27. The summed E-state index contributed by atoms with van der Waals surface area (Å²) in [5, 5.41) is 3.31. The van der Waals surface area contributed by atoms with E-state index in [1.807, 2.05) is 15.5 Å². The Morgan fingerprint density at radius 1 is 1.03 bits per heavy atom. The zero-order valence-electron chi connectivity index (χ0n) is 22.8. The van der Waals surface area contributed by atoms with Crippen LogP contribution in [-0.4, -0.2) is 43.4 Å². The first kappa shape index (κ1) is 25.6. The van der Waals surface area contributed by atoms with Gasteiger partial charge < -0.3 is 9.47 Å². The second kappa shape index (κ2) is 9.67. The van der Waals surface area contributed by atoms with Gasteiger partial charge in [-0.25, -0.2) is 9.97 Å². The molecule has 3 aromatic heterocycles. The molecule has 37 heavy (non-hydrogen) atoms. The van der Waals surface area contributed by atoms with Crippen LogP contribution >= 0.6 is 11.3 Å². The fourth-order valence-corrected chi connectivity index (χ4v) is 5.81. The van der Waals surface area contributed by atoms with Crippen molar-refractivity contribution >= 4 is 28.3 Å². The van der Waals surface area contributed by atoms with Gasteiger partial charge in [0.25, 0.3) is 0 Å². The molecule has 0 unspecified atom stereocenters. The van der Waals surface area contributed by atoms with Crippen molar-refractivity contribution < 1.29 is 4.79 Å². The Labute approximate surface area is 223 Å². The summed E-state index contributed by atoms with van der Waals surface area (Å²) >= 11 is 1.74. The Hall–Kier alpha value is -3.06. The number of rotatable bonds is 4. The van der Waals surface area contributed by atoms with Gasteiger partial charge >= 0.3 is 0 Å². The number of thiazole rings is 1. The highest BCUT2D eigenvalue weighted by molar-refractivity contribution is 7.13. The van der Waals surface area contributed by atoms with E-state index >= 15 is 0 Å². The lowest BCUT2D eigenvalue weighted by atomic mass is 9.79. The summed E-state index contributed by atoms with van der Waals surface area (Å²) < 4.78 is 1.89. The molecule has 4 heterocycles. The van der Waals surface area contributed by atoms with Gasteiger partial charge in [-0.15, -0.1) is 11.3 Å². The van der Waals surface area contributed by atoms with Gasteiger partial charge in [0.2, 0.25) is 5.91 Å². The average Bonchev–Trinajstić information content (AvgIpc) is 3.51. The van der Waals surface area contributed by atoms with E-state index in [1.54, 1.807) is 30.1 Å². The average molecular weight is 516 g/mol. The second-order valence-corrected chi connectivity index (χ2v) is 13.1. The number of nitrogens with zero attached hydrogens (tertiary/aromatic N) is 5. The van der Waals surface area contributed by atoms with Gasteiger partial charge in [-0.3, -0.25) is 9.78 Å². The zero-order valence-corrected chi connectivity index (χ0v) is 23.6. The Bertz CT molecular complexity index is 1380. The molecule has 1 aliphatic rings. The Balaban J connectivity index is 1.27. The minimum absolute atomic E-state index is 0.0784. The number of carbonyl (C=O) groups is 1. The standard InChI is InChI=1S/C30H37N5OS/c1-29(2,3)22-13-21(14-23(15-22)30(4,5)6)28-33-25(18-37-28)20-8-11-34(12-9-20)27(36)17-35-19-32-24-7-10-31-16-26(24)35/h7,10,13-16,18-20H,8-9,11-12,17H2,1-6H3. The molecule has 0 spiro atoms. The number of hydrogen-bond donors (Lipinski definition) is 0. The predicted octanol–water partition coefficient (Wildman–Crippen LogP) is 6.56. The van der Waals surface area contributed by atoms with Crippen molar-refractivity contribution in [3.63, 3.8) is 0 Å². The predicted molar refractivity (Wildman–Crippen MR) is 151 cm³/mol. The van der Waals surface area contributed by atoms with Crippen LogP contribution in [0.25, 0.3) is 21.6 Å². The largest absolute Gasteiger partial charge is 0.341 e. The summed E-state index contributed by atoms with van der Waals surface area (Å²) in [6.07, 6.45) is 7.10. The molecule has 1 amide bonds. The second-order valence-electron chi connectivity index (χ2n) is 12.3. The zero-order chi connectivity index (χ0) is 26.4. The van der Waals surface area contributed by atoms with Crippen LogP contribution < -0.4 is 0 Å². The number of pyridine rings is 1. The van der Waals surface area contributed by atoms with Crippen molar-refractivity contribution in [3.8, 4) is 10.6 Å². The molecule has 0 N–H and O–H groups in total. The third kappa shape index (κ3) is 5.47. The highest BCUT2D eigenvalue weighted by Crippen LogP contribution is 2.37. The van der Waals surface area contributed by atoms with E-state index in [9.17, 15) is 4.79 Å². The van der Waals surface area contributed by atoms with Crippen molar-refractivity contribution in [1.82, 2.24) is 24.4 Å². The van der Waals surface area contributed by atoms with Crippen molar-refractivity contribution in [2.24, 2.45) is 0 Å². The summed E-state index contributed by atoms with van der Waals surface area (Å²) in [6, 6.07) is 8.85. The maximum Gasteiger partial charge on any atom is 0.242 e. The van der Waals surface area contributed by atoms with Crippen molar-refractivity contribution in [2.75, 3.05) is 13.1 Å². The lowest BCUT2D eigenvalue weighted by Crippen LogP contribution is -2.39. The molecule has 1 aliphatic heterocycles. The Morgan fingerprint density at radius 3 is 2.35 bits per heavy atom. The maximum atomic E-state index is 13.0. The molecule has 6 nitrogen and oxygen atoms in total. The van der Waals surface area contributed by atoms with Crippen LogP contribution in [0, 0.1) is 0 Å². The Kier molecular flexibility index (Phi) is 6.69. The quantitative estimate of drug-likeness (QED) is 0.309. The molecule has 1 fully saturated rings. The first-order valence-corrected chi connectivity index (χ1v) is 14.0. The van der Waals surface area contributed by atoms with Crippen molar-refractivity contribution in [3.05, 3.63) is 65.2 Å². The fraction of sp³-hybridized carbons (Fsp3) is 0.467. The van der Waals surface area contributed by atoms with E-state index in [2.05, 4.69) is 75.1 Å². The molecule has 0 aliphatic carbocycles. The van der Waals surface area contributed by atoms with Crippen LogP contribution in [0.4, 0.5) is 0 Å². The van der Waals surface area contributed by atoms with Gasteiger partial charge in [-0.1, -0.05) is 47.6 Å². The van der Waals surface area contributed by atoms with Gasteiger partial charge in [-0.05, 0) is 53.0 Å². The number of aromatic nitrogens is 4. The normalized spacial score (nSPS) is 15.5. The summed E-state index contributed by atoms with van der Waals surface area (Å²) in [5.41, 5.74) is 6.99. The third-order valence-electron chi connectivity index (χ3n) is 7.43. The molecule has 0 atom stereocenters. The topological polar surface area (TPSA) is 63.9 Å². The lowest BCUT2D eigenvalue weighted by molar-refractivity contribution is -0.132. The van der Waals surface area contributed by atoms with E-state index in [1.165, 1.54) is 16.7 Å². The number of benzene rings is 1. The van der Waals surface area contributed by atoms with Crippen LogP contribution in [0.2, 0.25) is 0 Å². The van der Waals surface area contributed by atoms with Crippen LogP contribution in [-0.2, 0) is 22.2 Å². The molecule has 5 rings (SSSR count). The van der Waals surface area contributed by atoms with Gasteiger partial charge in [0.15, 0.2) is 0 Å². The number of carbonyl (C=O) groups excluding carboxylic acids is 1. The molecule has 7 heteroatoms. The fourth-order valence-electron chi connectivity index (χ4n) is 4.92. The summed E-state index contributed by atoms with van der Waals surface area (Å²) in [7, 11) is 0. The number of piperidine rings is 1. The van der Waals surface area contributed by atoms with Gasteiger partial charge in [0.1, 0.15) is 11.6 Å². The van der Waals surface area contributed by atoms with Crippen LogP contribution in [0.15, 0.2) is 48.4 Å². The SMILES string of the molecule is CC(C)(C)c1cc(-c2nc(C3CCN(C(=O)Cn4cnc5ccncc54)CC3)cs2)cc(C(C)(C)C)c1. The highest BCUT2D eigenvalue weighted by atomic mass is 32.1. The summed E-state index contributed by atoms with van der Waals surface area (Å²) in [5.74, 6) is 0.523. The van der Waals surface area contributed by atoms with Crippen molar-refractivity contribution in [2.45, 2.75) is 77.7 Å². The molecular weight excluding hydrogens is 478 g/mol. The third-order valence-corrected chi connectivity index (χ3v) is 8.34. The molecule has 1 aromatic carbocycles. The lowest BCUT2D eigenvalue weighted by Gasteiger charge is -2.31. The van der Waals surface area contributed by atoms with Crippen LogP contribution in [0.1, 0.15) is 77.1 Å². The van der Waals surface area contributed by atoms with E-state index in [4.69, 9.17) is 4.98 Å². The van der Waals surface area contributed by atoms with Gasteiger partial charge in [0.05, 0.1) is 29.3 Å². The Morgan fingerprint density at radius 2 is 1.70 bits per heavy atom. The molecule has 0 bridgehead atoms. The molecule has 194 valence electrons. The molecule has 1 saturated heterocycles. The minimum atomic E-state index is 0.0784. The summed E-state index contributed by atoms with van der Waals surface area (Å²) in [4.78, 5) is 28.7. The number of amides is 1. The van der Waals surface area contributed by atoms with E-state index in [0.717, 1.165) is 47.7 Å². The summed E-state index contributed by atoms with van der Waals surface area (Å²) in [6.45, 7) is 15.4. The first-order chi connectivity index (χ1) is 17.5. The molecule has 0 saturated carbocycles. The van der Waals surface area contributed by atoms with E-state index in [0.29, 0.717) is 12.5 Å². The molecular formula is C30H37N5OS. The number of hydrogen-bond acceptors (Lipinski definition) is 5. The van der Waals surface area contributed by atoms with Gasteiger partial charge in [-0.2, -0.15) is 0 Å². The maximum absolute atomic E-state index is 13.0. The molecule has 0 radical (unpaired) electrons. The number of imidazole rings is 1. The van der Waals surface area contributed by atoms with E-state index in [-0.39, 0.29) is 16.7 Å². The van der Waals surface area contributed by atoms with Crippen molar-refractivity contribution in [1.29, 1.82) is 0 Å². The number of fused-ring (bicyclic) bond motifs is 1. The van der Waals surface area contributed by atoms with Crippen LogP contribution in [0.3, 0.4) is 0 Å². The minimum Gasteiger partial charge on any atom is -0.341 e. The number of likely N-dealkylation sites (tertiary alicyclic amines) is 1. The monoisotopic (exact) mass is 515 g/mol.